The largest absolute Gasteiger partial charge is 0.573 e. The Morgan fingerprint density at radius 2 is 1.74 bits per heavy atom. The van der Waals surface area contributed by atoms with Crippen molar-refractivity contribution in [2.24, 2.45) is 13.0 Å². The number of tetrazole rings is 1. The lowest BCUT2D eigenvalue weighted by Crippen LogP contribution is -2.32. The molecule has 0 N–H and O–H groups in total. The quantitative estimate of drug-likeness (QED) is 0.134. The molecule has 1 aliphatic rings. The Morgan fingerprint density at radius 3 is 2.33 bits per heavy atom. The van der Waals surface area contributed by atoms with Gasteiger partial charge in [-0.05, 0) is 66.3 Å². The van der Waals surface area contributed by atoms with Gasteiger partial charge in [0.05, 0.1) is 17.5 Å². The summed E-state index contributed by atoms with van der Waals surface area (Å²) >= 11 is 0. The molecule has 1 saturated carbocycles. The van der Waals surface area contributed by atoms with Crippen molar-refractivity contribution < 1.29 is 36.0 Å². The van der Waals surface area contributed by atoms with E-state index in [0.717, 1.165) is 49.0 Å². The van der Waals surface area contributed by atoms with E-state index in [-0.39, 0.29) is 24.6 Å². The van der Waals surface area contributed by atoms with Crippen LogP contribution in [-0.2, 0) is 26.3 Å². The molecular formula is C27H31F6N7O3. The standard InChI is InChI=1S/C27H31F6N7O3/c1-3-38(15-18-7-5-4-6-8-18)24-10-9-23(43-27(31,32)33)13-20(24)17-39(25-34-36-37(2)35-25)16-19-11-21(26(28,29)30)14-22(12-19)40(41)42/h9-14,18H,3-8,15-17H2,1-2H3. The first kappa shape index (κ1) is 31.8. The molecule has 0 unspecified atom stereocenters. The van der Waals surface area contributed by atoms with Crippen LogP contribution in [0.5, 0.6) is 5.75 Å². The van der Waals surface area contributed by atoms with Crippen molar-refractivity contribution in [3.63, 3.8) is 0 Å². The van der Waals surface area contributed by atoms with Crippen LogP contribution in [0.1, 0.15) is 55.7 Å². The summed E-state index contributed by atoms with van der Waals surface area (Å²) in [5.74, 6) is -0.108. The number of anilines is 2. The van der Waals surface area contributed by atoms with Gasteiger partial charge >= 0.3 is 12.5 Å². The van der Waals surface area contributed by atoms with Gasteiger partial charge in [0.15, 0.2) is 0 Å². The van der Waals surface area contributed by atoms with Gasteiger partial charge in [0.2, 0.25) is 0 Å². The SMILES string of the molecule is CCN(CC1CCCCC1)c1ccc(OC(F)(F)F)cc1CN(Cc1cc([N+](=O)[O-])cc(C(F)(F)F)c1)c1nnn(C)n1. The van der Waals surface area contributed by atoms with Crippen molar-refractivity contribution in [3.05, 3.63) is 63.2 Å². The third kappa shape index (κ3) is 8.70. The fourth-order valence-electron chi connectivity index (χ4n) is 5.33. The van der Waals surface area contributed by atoms with Crippen molar-refractivity contribution in [2.75, 3.05) is 22.9 Å². The number of aromatic nitrogens is 4. The number of rotatable bonds is 11. The minimum absolute atomic E-state index is 0.0361. The minimum Gasteiger partial charge on any atom is -0.406 e. The smallest absolute Gasteiger partial charge is 0.406 e. The summed E-state index contributed by atoms with van der Waals surface area (Å²) in [4.78, 5) is 15.1. The summed E-state index contributed by atoms with van der Waals surface area (Å²) in [6, 6.07) is 6.20. The van der Waals surface area contributed by atoms with Crippen LogP contribution in [0, 0.1) is 16.0 Å². The van der Waals surface area contributed by atoms with Crippen molar-refractivity contribution in [1.82, 2.24) is 20.2 Å². The van der Waals surface area contributed by atoms with Crippen molar-refractivity contribution in [1.29, 1.82) is 0 Å². The molecule has 0 amide bonds. The van der Waals surface area contributed by atoms with E-state index in [1.54, 1.807) is 0 Å². The highest BCUT2D eigenvalue weighted by Crippen LogP contribution is 2.35. The predicted octanol–water partition coefficient (Wildman–Crippen LogP) is 6.65. The molecule has 16 heteroatoms. The number of aryl methyl sites for hydroxylation is 1. The fourth-order valence-corrected chi connectivity index (χ4v) is 5.33. The van der Waals surface area contributed by atoms with Crippen LogP contribution >= 0.6 is 0 Å². The topological polar surface area (TPSA) is 102 Å². The van der Waals surface area contributed by atoms with E-state index in [2.05, 4.69) is 25.0 Å². The van der Waals surface area contributed by atoms with Gasteiger partial charge in [-0.2, -0.15) is 18.0 Å². The average molecular weight is 616 g/mol. The number of benzene rings is 2. The lowest BCUT2D eigenvalue weighted by molar-refractivity contribution is -0.385. The number of hydrogen-bond donors (Lipinski definition) is 0. The summed E-state index contributed by atoms with van der Waals surface area (Å²) in [6.07, 6.45) is -4.38. The molecular weight excluding hydrogens is 584 g/mol. The maximum atomic E-state index is 13.6. The number of hydrogen-bond acceptors (Lipinski definition) is 8. The Kier molecular flexibility index (Phi) is 9.65. The number of nitro groups is 1. The zero-order valence-corrected chi connectivity index (χ0v) is 23.5. The first-order valence-electron chi connectivity index (χ1n) is 13.7. The van der Waals surface area contributed by atoms with Gasteiger partial charge in [0, 0.05) is 44.0 Å². The molecule has 0 spiro atoms. The normalized spacial score (nSPS) is 14.5. The van der Waals surface area contributed by atoms with E-state index >= 15 is 0 Å². The molecule has 10 nitrogen and oxygen atoms in total. The molecule has 0 aliphatic heterocycles. The van der Waals surface area contributed by atoms with Crippen LogP contribution in [0.2, 0.25) is 0 Å². The molecule has 2 aromatic carbocycles. The van der Waals surface area contributed by atoms with Gasteiger partial charge in [-0.25, -0.2) is 0 Å². The molecule has 0 radical (unpaired) electrons. The minimum atomic E-state index is -4.95. The number of ether oxygens (including phenoxy) is 1. The predicted molar refractivity (Wildman–Crippen MR) is 144 cm³/mol. The molecule has 0 atom stereocenters. The second-order valence-corrected chi connectivity index (χ2v) is 10.5. The summed E-state index contributed by atoms with van der Waals surface area (Å²) < 4.78 is 84.4. The first-order valence-corrected chi connectivity index (χ1v) is 13.7. The summed E-state index contributed by atoms with van der Waals surface area (Å²) in [7, 11) is 1.47. The van der Waals surface area contributed by atoms with Gasteiger partial charge in [-0.15, -0.1) is 18.3 Å². The molecule has 1 heterocycles. The zero-order valence-electron chi connectivity index (χ0n) is 23.5. The van der Waals surface area contributed by atoms with Crippen LogP contribution in [0.4, 0.5) is 43.7 Å². The zero-order chi connectivity index (χ0) is 31.4. The summed E-state index contributed by atoms with van der Waals surface area (Å²) in [5, 5.41) is 23.3. The number of nitrogens with zero attached hydrogens (tertiary/aromatic N) is 7. The molecule has 234 valence electrons. The third-order valence-corrected chi connectivity index (χ3v) is 7.24. The van der Waals surface area contributed by atoms with Crippen LogP contribution in [0.15, 0.2) is 36.4 Å². The molecule has 43 heavy (non-hydrogen) atoms. The molecule has 1 aliphatic carbocycles. The van der Waals surface area contributed by atoms with Gasteiger partial charge in [0.25, 0.3) is 11.6 Å². The average Bonchev–Trinajstić information content (AvgIpc) is 3.37. The highest BCUT2D eigenvalue weighted by atomic mass is 19.4. The van der Waals surface area contributed by atoms with Gasteiger partial charge in [-0.1, -0.05) is 24.4 Å². The fraction of sp³-hybridized carbons (Fsp3) is 0.519. The Morgan fingerprint density at radius 1 is 1.02 bits per heavy atom. The summed E-state index contributed by atoms with van der Waals surface area (Å²) in [5.41, 5.74) is -1.06. The molecule has 0 saturated heterocycles. The maximum absolute atomic E-state index is 13.6. The maximum Gasteiger partial charge on any atom is 0.573 e. The Labute approximate surface area is 243 Å². The van der Waals surface area contributed by atoms with Crippen molar-refractivity contribution >= 4 is 17.3 Å². The molecule has 3 aromatic rings. The number of halogens is 6. The van der Waals surface area contributed by atoms with Crippen molar-refractivity contribution in [2.45, 2.75) is 64.7 Å². The Bertz CT molecular complexity index is 1410. The highest BCUT2D eigenvalue weighted by molar-refractivity contribution is 5.58. The van der Waals surface area contributed by atoms with E-state index < -0.39 is 34.5 Å². The molecule has 1 aromatic heterocycles. The highest BCUT2D eigenvalue weighted by Gasteiger charge is 2.34. The van der Waals surface area contributed by atoms with E-state index in [4.69, 9.17) is 0 Å². The van der Waals surface area contributed by atoms with E-state index in [1.165, 1.54) is 30.1 Å². The molecule has 0 bridgehead atoms. The third-order valence-electron chi connectivity index (χ3n) is 7.24. The first-order chi connectivity index (χ1) is 20.2. The van der Waals surface area contributed by atoms with Crippen LogP contribution in [0.25, 0.3) is 0 Å². The summed E-state index contributed by atoms with van der Waals surface area (Å²) in [6.45, 7) is 2.64. The van der Waals surface area contributed by atoms with Crippen LogP contribution in [-0.4, -0.2) is 44.6 Å². The molecule has 1 fully saturated rings. The lowest BCUT2D eigenvalue weighted by atomic mass is 9.88. The number of non-ortho nitro benzene ring substituents is 1. The number of nitro benzene ring substituents is 1. The van der Waals surface area contributed by atoms with Gasteiger partial charge in [-0.3, -0.25) is 10.1 Å². The van der Waals surface area contributed by atoms with E-state index in [1.807, 2.05) is 6.92 Å². The van der Waals surface area contributed by atoms with Crippen LogP contribution < -0.4 is 14.5 Å². The van der Waals surface area contributed by atoms with Crippen LogP contribution in [0.3, 0.4) is 0 Å². The molecule has 4 rings (SSSR count). The van der Waals surface area contributed by atoms with Gasteiger partial charge < -0.3 is 14.5 Å². The monoisotopic (exact) mass is 615 g/mol. The van der Waals surface area contributed by atoms with E-state index in [0.29, 0.717) is 36.3 Å². The second kappa shape index (κ2) is 13.0. The van der Waals surface area contributed by atoms with Gasteiger partial charge in [0.1, 0.15) is 5.75 Å². The lowest BCUT2D eigenvalue weighted by Gasteiger charge is -2.33. The Hall–Kier alpha value is -4.11. The Balaban J connectivity index is 1.76. The second-order valence-electron chi connectivity index (χ2n) is 10.5. The number of alkyl halides is 6. The van der Waals surface area contributed by atoms with Crippen molar-refractivity contribution in [3.8, 4) is 5.75 Å². The van der Waals surface area contributed by atoms with E-state index in [9.17, 15) is 36.5 Å².